The van der Waals surface area contributed by atoms with Crippen LogP contribution in [0.1, 0.15) is 86.5 Å². The first kappa shape index (κ1) is 32.1. The Morgan fingerprint density at radius 3 is 2.49 bits per heavy atom. The van der Waals surface area contributed by atoms with Gasteiger partial charge in [-0.3, -0.25) is 4.79 Å². The summed E-state index contributed by atoms with van der Waals surface area (Å²) in [6, 6.07) is 0. The summed E-state index contributed by atoms with van der Waals surface area (Å²) in [5, 5.41) is 10.4. The van der Waals surface area contributed by atoms with Crippen molar-refractivity contribution in [2.75, 3.05) is 6.61 Å². The Balaban J connectivity index is 1.52. The average Bonchev–Trinajstić information content (AvgIpc) is 3.32. The monoisotopic (exact) mass is 602 g/mol. The van der Waals surface area contributed by atoms with Gasteiger partial charge in [0.1, 0.15) is 11.4 Å². The second kappa shape index (κ2) is 11.0. The number of aliphatic hydroxyl groups is 1. The second-order valence-corrected chi connectivity index (χ2v) is 15.1. The minimum absolute atomic E-state index is 0.0235. The number of halogens is 3. The van der Waals surface area contributed by atoms with Gasteiger partial charge >= 0.3 is 21.6 Å². The molecule has 0 aliphatic heterocycles. The lowest BCUT2D eigenvalue weighted by Crippen LogP contribution is -2.36. The smallest absolute Gasteiger partial charge is 0.459 e. The van der Waals surface area contributed by atoms with Crippen molar-refractivity contribution in [1.82, 2.24) is 0 Å². The van der Waals surface area contributed by atoms with Crippen LogP contribution in [0.2, 0.25) is 0 Å². The Morgan fingerprint density at radius 2 is 1.90 bits per heavy atom. The molecule has 10 heteroatoms. The molecule has 3 fully saturated rings. The number of ether oxygens (including phenoxy) is 1. The maximum atomic E-state index is 13.1. The first-order valence-corrected chi connectivity index (χ1v) is 16.2. The van der Waals surface area contributed by atoms with E-state index in [0.717, 1.165) is 32.1 Å². The predicted molar refractivity (Wildman–Crippen MR) is 149 cm³/mol. The number of carbonyl (C=O) groups is 1. The molecule has 232 valence electrons. The first-order chi connectivity index (χ1) is 18.9. The molecule has 0 bridgehead atoms. The summed E-state index contributed by atoms with van der Waals surface area (Å²) < 4.78 is 73.0. The predicted octanol–water partition coefficient (Wildman–Crippen LogP) is 7.07. The molecule has 0 spiro atoms. The molecule has 0 aromatic heterocycles. The van der Waals surface area contributed by atoms with Crippen molar-refractivity contribution in [2.24, 2.45) is 46.3 Å². The van der Waals surface area contributed by atoms with Crippen LogP contribution < -0.4 is 0 Å². The number of allylic oxidation sites excluding steroid dienone is 4. The highest BCUT2D eigenvalue weighted by Gasteiger charge is 2.66. The van der Waals surface area contributed by atoms with Crippen molar-refractivity contribution in [2.45, 2.75) is 97.6 Å². The number of hydrogen-bond acceptors (Lipinski definition) is 6. The summed E-state index contributed by atoms with van der Waals surface area (Å²) in [7, 11) is -5.77. The van der Waals surface area contributed by atoms with E-state index in [9.17, 15) is 31.5 Å². The second-order valence-electron chi connectivity index (χ2n) is 13.6. The van der Waals surface area contributed by atoms with Crippen molar-refractivity contribution in [3.05, 3.63) is 35.6 Å². The summed E-state index contributed by atoms with van der Waals surface area (Å²) in [6.45, 7) is 11.6. The van der Waals surface area contributed by atoms with Crippen LogP contribution >= 0.6 is 0 Å². The van der Waals surface area contributed by atoms with Crippen LogP contribution in [-0.4, -0.2) is 37.2 Å². The Hall–Kier alpha value is -1.81. The first-order valence-electron chi connectivity index (χ1n) is 14.8. The minimum Gasteiger partial charge on any atom is -0.459 e. The van der Waals surface area contributed by atoms with Crippen LogP contribution in [0, 0.1) is 46.3 Å². The maximum Gasteiger partial charge on any atom is 0.534 e. The van der Waals surface area contributed by atoms with E-state index in [1.807, 2.05) is 20.8 Å². The number of carbonyl (C=O) groups excluding carboxylic acids is 1. The lowest BCUT2D eigenvalue weighted by molar-refractivity contribution is -0.156. The molecule has 0 unspecified atom stereocenters. The van der Waals surface area contributed by atoms with Crippen molar-refractivity contribution in [3.8, 4) is 0 Å². The third kappa shape index (κ3) is 5.89. The fourth-order valence-electron chi connectivity index (χ4n) is 8.23. The molecule has 0 amide bonds. The zero-order valence-electron chi connectivity index (χ0n) is 25.0. The van der Waals surface area contributed by atoms with Crippen molar-refractivity contribution in [3.63, 3.8) is 0 Å². The fraction of sp³-hybridized carbons (Fsp3) is 0.774. The molecule has 4 aliphatic carbocycles. The summed E-state index contributed by atoms with van der Waals surface area (Å²) in [5.41, 5.74) is -5.74. The van der Waals surface area contributed by atoms with E-state index in [1.165, 1.54) is 18.6 Å². The Morgan fingerprint density at radius 1 is 1.22 bits per heavy atom. The Bertz CT molecular complexity index is 1220. The van der Waals surface area contributed by atoms with Crippen LogP contribution in [0.15, 0.2) is 35.6 Å². The lowest BCUT2D eigenvalue weighted by atomic mass is 9.60. The van der Waals surface area contributed by atoms with Crippen LogP contribution in [-0.2, 0) is 23.8 Å². The Kier molecular flexibility index (Phi) is 8.64. The van der Waals surface area contributed by atoms with Gasteiger partial charge in [0.25, 0.3) is 0 Å². The van der Waals surface area contributed by atoms with Gasteiger partial charge < -0.3 is 14.0 Å². The summed E-state index contributed by atoms with van der Waals surface area (Å²) >= 11 is 0. The summed E-state index contributed by atoms with van der Waals surface area (Å²) in [6.07, 6.45) is 13.8. The average molecular weight is 603 g/mol. The molecule has 4 rings (SSSR count). The van der Waals surface area contributed by atoms with E-state index >= 15 is 0 Å². The number of aliphatic hydroxyl groups excluding tert-OH is 1. The number of fused-ring (bicyclic) bond motifs is 2. The minimum atomic E-state index is -5.77. The van der Waals surface area contributed by atoms with Gasteiger partial charge in [-0.1, -0.05) is 44.6 Å². The zero-order chi connectivity index (χ0) is 30.6. The van der Waals surface area contributed by atoms with E-state index in [-0.39, 0.29) is 35.6 Å². The molecular formula is C31H45F3O6S. The molecule has 4 aliphatic rings. The quantitative estimate of drug-likeness (QED) is 0.125. The largest absolute Gasteiger partial charge is 0.534 e. The Labute approximate surface area is 242 Å². The molecule has 0 aromatic carbocycles. The molecule has 1 N–H and O–H groups in total. The van der Waals surface area contributed by atoms with E-state index in [2.05, 4.69) is 36.3 Å². The van der Waals surface area contributed by atoms with Crippen molar-refractivity contribution >= 4 is 16.1 Å². The number of esters is 1. The standard InChI is InChI=1S/C31H45F3O6S/c1-19(9-10-20(2)28(4,5)39-21(3)36)25-12-13-26-22(8-7-15-29(25,26)6)16-24(18-35)30-17-23(30)11-14-27(30)40-41(37,38)31(32,33)34/h9-10,14,16,19-20,23-26,35H,7-8,11-13,15,17-18H2,1-6H3/t19-,20+,23-,24+,25-,26+,29-,30+/m1/s1. The van der Waals surface area contributed by atoms with Gasteiger partial charge in [0.15, 0.2) is 0 Å². The van der Waals surface area contributed by atoms with Gasteiger partial charge in [-0.15, -0.1) is 0 Å². The fourth-order valence-corrected chi connectivity index (χ4v) is 8.79. The number of hydrogen-bond donors (Lipinski definition) is 1. The molecule has 0 heterocycles. The van der Waals surface area contributed by atoms with Crippen molar-refractivity contribution < 1.29 is 40.4 Å². The summed E-state index contributed by atoms with van der Waals surface area (Å²) in [4.78, 5) is 11.5. The van der Waals surface area contributed by atoms with Gasteiger partial charge in [0.05, 0.1) is 6.61 Å². The molecular weight excluding hydrogens is 557 g/mol. The van der Waals surface area contributed by atoms with Gasteiger partial charge in [-0.2, -0.15) is 21.6 Å². The van der Waals surface area contributed by atoms with Crippen LogP contribution in [0.4, 0.5) is 13.2 Å². The van der Waals surface area contributed by atoms with E-state index < -0.39 is 32.6 Å². The van der Waals surface area contributed by atoms with Gasteiger partial charge in [-0.05, 0) is 94.0 Å². The van der Waals surface area contributed by atoms with E-state index in [4.69, 9.17) is 4.74 Å². The normalized spacial score (nSPS) is 35.0. The SMILES string of the molecule is CC(=O)OC(C)(C)[C@@H](C)C=C[C@@H](C)[C@H]1CC[C@H]2C(=C[C@@H](CO)[C@]34C[C@H]3CC=C4OS(=O)(=O)C(F)(F)F)CCC[C@]12C. The van der Waals surface area contributed by atoms with Gasteiger partial charge in [-0.25, -0.2) is 0 Å². The number of rotatable bonds is 10. The molecule has 0 radical (unpaired) electrons. The van der Waals surface area contributed by atoms with E-state index in [0.29, 0.717) is 30.6 Å². The zero-order valence-corrected chi connectivity index (χ0v) is 25.8. The molecule has 0 saturated heterocycles. The molecule has 6 nitrogen and oxygen atoms in total. The molecule has 0 aromatic rings. The highest BCUT2D eigenvalue weighted by Crippen LogP contribution is 2.69. The van der Waals surface area contributed by atoms with Crippen LogP contribution in [0.3, 0.4) is 0 Å². The van der Waals surface area contributed by atoms with Gasteiger partial charge in [0, 0.05) is 24.2 Å². The van der Waals surface area contributed by atoms with Gasteiger partial charge in [0.2, 0.25) is 0 Å². The highest BCUT2D eigenvalue weighted by atomic mass is 32.2. The van der Waals surface area contributed by atoms with Crippen LogP contribution in [0.5, 0.6) is 0 Å². The van der Waals surface area contributed by atoms with E-state index in [1.54, 1.807) is 0 Å². The lowest BCUT2D eigenvalue weighted by Gasteiger charge is -2.44. The summed E-state index contributed by atoms with van der Waals surface area (Å²) in [5.74, 6) is 0.0685. The van der Waals surface area contributed by atoms with Crippen molar-refractivity contribution in [1.29, 1.82) is 0 Å². The molecule has 3 saturated carbocycles. The molecule has 41 heavy (non-hydrogen) atoms. The van der Waals surface area contributed by atoms with Crippen LogP contribution in [0.25, 0.3) is 0 Å². The molecule has 8 atom stereocenters. The topological polar surface area (TPSA) is 89.9 Å². The third-order valence-electron chi connectivity index (χ3n) is 10.8. The highest BCUT2D eigenvalue weighted by molar-refractivity contribution is 7.87. The number of alkyl halides is 3. The third-order valence-corrected chi connectivity index (χ3v) is 11.8. The maximum absolute atomic E-state index is 13.1.